The van der Waals surface area contributed by atoms with Crippen molar-refractivity contribution in [3.63, 3.8) is 0 Å². The number of ether oxygens (including phenoxy) is 2. The van der Waals surface area contributed by atoms with Gasteiger partial charge < -0.3 is 24.8 Å². The number of halogens is 1. The van der Waals surface area contributed by atoms with Crippen LogP contribution in [-0.2, 0) is 9.08 Å². The second-order valence-electron chi connectivity index (χ2n) is 7.55. The van der Waals surface area contributed by atoms with Crippen LogP contribution in [0.5, 0.6) is 11.5 Å². The van der Waals surface area contributed by atoms with Crippen molar-refractivity contribution in [1.29, 1.82) is 0 Å². The van der Waals surface area contributed by atoms with Gasteiger partial charge in [0.05, 0.1) is 25.8 Å². The predicted octanol–water partition coefficient (Wildman–Crippen LogP) is 4.14. The number of nitrogens with zero attached hydrogens (tertiary/aromatic N) is 4. The van der Waals surface area contributed by atoms with Crippen LogP contribution in [0.3, 0.4) is 0 Å². The standard InChI is InChI=1S/C24H25ClN6O4/c25-35-22(32)3-1-13-33-20-10-6-18(7-11-20)31-16-28-21-15-27-24(30-23(21)31)29-17-4-8-19(9-5-17)34-14-2-12-26/h4-11,15-16H,1-3,12-14,26H2,(H,27,29,30). The molecule has 0 aliphatic rings. The molecule has 2 aromatic carbocycles. The van der Waals surface area contributed by atoms with Gasteiger partial charge in [0.2, 0.25) is 5.95 Å². The molecule has 0 amide bonds. The maximum atomic E-state index is 11.0. The third-order valence-electron chi connectivity index (χ3n) is 5.01. The quantitative estimate of drug-likeness (QED) is 0.278. The van der Waals surface area contributed by atoms with E-state index in [0.717, 1.165) is 23.5 Å². The number of anilines is 2. The molecule has 0 radical (unpaired) electrons. The molecular weight excluding hydrogens is 472 g/mol. The molecular formula is C24H25ClN6O4. The van der Waals surface area contributed by atoms with Gasteiger partial charge in [0.25, 0.3) is 0 Å². The second kappa shape index (κ2) is 12.0. The molecule has 0 bridgehead atoms. The molecule has 0 atom stereocenters. The number of carbonyl (C=O) groups is 1. The van der Waals surface area contributed by atoms with Gasteiger partial charge in [-0.25, -0.2) is 9.97 Å². The fraction of sp³-hybridized carbons (Fsp3) is 0.250. The zero-order valence-electron chi connectivity index (χ0n) is 18.9. The number of nitrogens with two attached hydrogens (primary N) is 1. The van der Waals surface area contributed by atoms with Crippen molar-refractivity contribution in [3.05, 3.63) is 61.1 Å². The van der Waals surface area contributed by atoms with E-state index in [-0.39, 0.29) is 6.42 Å². The van der Waals surface area contributed by atoms with E-state index >= 15 is 0 Å². The van der Waals surface area contributed by atoms with Crippen LogP contribution in [0.1, 0.15) is 19.3 Å². The number of nitrogens with one attached hydrogen (secondary N) is 1. The number of imidazole rings is 1. The summed E-state index contributed by atoms with van der Waals surface area (Å²) in [6.07, 6.45) is 4.89. The van der Waals surface area contributed by atoms with E-state index in [0.29, 0.717) is 49.0 Å². The van der Waals surface area contributed by atoms with Crippen molar-refractivity contribution in [3.8, 4) is 17.2 Å². The largest absolute Gasteiger partial charge is 0.494 e. The normalized spacial score (nSPS) is 10.8. The summed E-state index contributed by atoms with van der Waals surface area (Å²) in [4.78, 5) is 24.5. The molecule has 35 heavy (non-hydrogen) atoms. The lowest BCUT2D eigenvalue weighted by molar-refractivity contribution is -0.134. The minimum atomic E-state index is -0.474. The number of hydrogen-bond donors (Lipinski definition) is 2. The van der Waals surface area contributed by atoms with Gasteiger partial charge in [0, 0.05) is 11.4 Å². The Morgan fingerprint density at radius 3 is 2.34 bits per heavy atom. The van der Waals surface area contributed by atoms with Gasteiger partial charge in [-0.1, -0.05) is 0 Å². The molecule has 0 aliphatic heterocycles. The van der Waals surface area contributed by atoms with Crippen molar-refractivity contribution in [2.24, 2.45) is 5.73 Å². The smallest absolute Gasteiger partial charge is 0.324 e. The van der Waals surface area contributed by atoms with Crippen LogP contribution in [0.4, 0.5) is 11.6 Å². The van der Waals surface area contributed by atoms with Crippen LogP contribution in [0, 0.1) is 0 Å². The van der Waals surface area contributed by atoms with Gasteiger partial charge in [-0.05, 0) is 67.9 Å². The number of fused-ring (bicyclic) bond motifs is 1. The summed E-state index contributed by atoms with van der Waals surface area (Å²) in [7, 11) is 0. The summed E-state index contributed by atoms with van der Waals surface area (Å²) in [5.74, 6) is 1.44. The molecule has 0 spiro atoms. The number of aromatic nitrogens is 4. The number of carbonyl (C=O) groups excluding carboxylic acids is 1. The summed E-state index contributed by atoms with van der Waals surface area (Å²) in [6, 6.07) is 15.1. The van der Waals surface area contributed by atoms with Crippen LogP contribution >= 0.6 is 11.9 Å². The highest BCUT2D eigenvalue weighted by Gasteiger charge is 2.10. The van der Waals surface area contributed by atoms with Gasteiger partial charge in [-0.3, -0.25) is 9.36 Å². The molecule has 3 N–H and O–H groups in total. The Balaban J connectivity index is 1.41. The van der Waals surface area contributed by atoms with E-state index in [4.69, 9.17) is 27.1 Å². The zero-order chi connectivity index (χ0) is 24.5. The Labute approximate surface area is 207 Å². The topological polar surface area (TPSA) is 126 Å². The van der Waals surface area contributed by atoms with Crippen molar-refractivity contribution in [2.45, 2.75) is 19.3 Å². The maximum Gasteiger partial charge on any atom is 0.324 e. The van der Waals surface area contributed by atoms with Crippen molar-refractivity contribution in [1.82, 2.24) is 19.5 Å². The summed E-state index contributed by atoms with van der Waals surface area (Å²) in [5.41, 5.74) is 8.53. The monoisotopic (exact) mass is 496 g/mol. The number of hydrogen-bond acceptors (Lipinski definition) is 9. The van der Waals surface area contributed by atoms with Crippen LogP contribution in [0.15, 0.2) is 61.1 Å². The molecule has 0 fully saturated rings. The first kappa shape index (κ1) is 24.2. The van der Waals surface area contributed by atoms with E-state index in [2.05, 4.69) is 24.6 Å². The molecule has 2 aromatic heterocycles. The molecule has 10 nitrogen and oxygen atoms in total. The summed E-state index contributed by atoms with van der Waals surface area (Å²) >= 11 is 5.01. The molecule has 0 saturated carbocycles. The SMILES string of the molecule is NCCCOc1ccc(Nc2ncc3ncn(-c4ccc(OCCCC(=O)OCl)cc4)c3n2)cc1. The van der Waals surface area contributed by atoms with Crippen LogP contribution in [0.2, 0.25) is 0 Å². The molecule has 4 aromatic rings. The first-order valence-electron chi connectivity index (χ1n) is 11.1. The average Bonchev–Trinajstić information content (AvgIpc) is 3.31. The average molecular weight is 497 g/mol. The lowest BCUT2D eigenvalue weighted by atomic mass is 10.3. The Morgan fingerprint density at radius 1 is 0.971 bits per heavy atom. The fourth-order valence-electron chi connectivity index (χ4n) is 3.24. The highest BCUT2D eigenvalue weighted by molar-refractivity contribution is 6.13. The van der Waals surface area contributed by atoms with Gasteiger partial charge in [0.15, 0.2) is 5.65 Å². The Morgan fingerprint density at radius 2 is 1.66 bits per heavy atom. The highest BCUT2D eigenvalue weighted by atomic mass is 35.5. The number of benzene rings is 2. The molecule has 0 unspecified atom stereocenters. The second-order valence-corrected chi connectivity index (χ2v) is 7.71. The van der Waals surface area contributed by atoms with E-state index in [1.807, 2.05) is 53.1 Å². The summed E-state index contributed by atoms with van der Waals surface area (Å²) in [5, 5.41) is 3.21. The third-order valence-corrected chi connectivity index (χ3v) is 5.19. The van der Waals surface area contributed by atoms with Crippen molar-refractivity contribution >= 4 is 40.6 Å². The van der Waals surface area contributed by atoms with E-state index in [1.54, 1.807) is 12.5 Å². The molecule has 4 rings (SSSR count). The third kappa shape index (κ3) is 6.58. The van der Waals surface area contributed by atoms with Crippen molar-refractivity contribution in [2.75, 3.05) is 25.1 Å². The molecule has 2 heterocycles. The molecule has 182 valence electrons. The first-order valence-corrected chi connectivity index (χ1v) is 11.4. The zero-order valence-corrected chi connectivity index (χ0v) is 19.6. The summed E-state index contributed by atoms with van der Waals surface area (Å²) < 4.78 is 17.3. The maximum absolute atomic E-state index is 11.0. The Kier molecular flexibility index (Phi) is 8.31. The Bertz CT molecular complexity index is 1250. The molecule has 0 saturated heterocycles. The lowest BCUT2D eigenvalue weighted by Crippen LogP contribution is -2.06. The summed E-state index contributed by atoms with van der Waals surface area (Å²) in [6.45, 7) is 1.57. The van der Waals surface area contributed by atoms with Crippen molar-refractivity contribution < 1.29 is 18.6 Å². The van der Waals surface area contributed by atoms with E-state index in [9.17, 15) is 4.79 Å². The predicted molar refractivity (Wildman–Crippen MR) is 132 cm³/mol. The minimum Gasteiger partial charge on any atom is -0.494 e. The number of rotatable bonds is 12. The molecule has 11 heteroatoms. The van der Waals surface area contributed by atoms with E-state index < -0.39 is 5.97 Å². The van der Waals surface area contributed by atoms with Crippen LogP contribution < -0.4 is 20.5 Å². The van der Waals surface area contributed by atoms with Gasteiger partial charge in [0.1, 0.15) is 35.2 Å². The van der Waals surface area contributed by atoms with Gasteiger partial charge >= 0.3 is 5.97 Å². The Hall–Kier alpha value is -3.89. The van der Waals surface area contributed by atoms with Gasteiger partial charge in [-0.15, -0.1) is 0 Å². The van der Waals surface area contributed by atoms with E-state index in [1.165, 1.54) is 0 Å². The lowest BCUT2D eigenvalue weighted by Gasteiger charge is -2.09. The fourth-order valence-corrected chi connectivity index (χ4v) is 3.32. The van der Waals surface area contributed by atoms with Crippen LogP contribution in [0.25, 0.3) is 16.9 Å². The minimum absolute atomic E-state index is 0.200. The molecule has 0 aliphatic carbocycles. The van der Waals surface area contributed by atoms with Crippen LogP contribution in [-0.4, -0.2) is 45.2 Å². The highest BCUT2D eigenvalue weighted by Crippen LogP contribution is 2.22. The van der Waals surface area contributed by atoms with Gasteiger partial charge in [-0.2, -0.15) is 4.98 Å². The first-order chi connectivity index (χ1) is 17.2.